The summed E-state index contributed by atoms with van der Waals surface area (Å²) in [5.41, 5.74) is 4.50. The summed E-state index contributed by atoms with van der Waals surface area (Å²) in [7, 11) is 2.12. The molecule has 3 heterocycles. The number of thiazole rings is 1. The van der Waals surface area contributed by atoms with Crippen LogP contribution in [0.4, 0.5) is 0 Å². The van der Waals surface area contributed by atoms with Crippen molar-refractivity contribution >= 4 is 22.6 Å². The topological polar surface area (TPSA) is 46.8 Å². The van der Waals surface area contributed by atoms with E-state index in [1.807, 2.05) is 35.6 Å². The molecule has 0 saturated heterocycles. The van der Waals surface area contributed by atoms with Gasteiger partial charge in [0.05, 0.1) is 0 Å². The van der Waals surface area contributed by atoms with Crippen LogP contribution >= 0.6 is 11.3 Å². The minimum atomic E-state index is 0.500. The average molecular weight is 367 g/mol. The Morgan fingerprint density at radius 3 is 2.85 bits per heavy atom. The van der Waals surface area contributed by atoms with Gasteiger partial charge in [-0.3, -0.25) is 9.20 Å². The van der Waals surface area contributed by atoms with Crippen LogP contribution in [0, 0.1) is 0 Å². The maximum atomic E-state index is 11.9. The summed E-state index contributed by atoms with van der Waals surface area (Å²) >= 11 is 1.68. The highest BCUT2D eigenvalue weighted by atomic mass is 32.1. The third-order valence-corrected chi connectivity index (χ3v) is 5.62. The van der Waals surface area contributed by atoms with Gasteiger partial charge in [0.25, 0.3) is 0 Å². The second-order valence-corrected chi connectivity index (χ2v) is 7.87. The molecule has 0 saturated carbocycles. The molecule has 0 radical (unpaired) electrons. The van der Waals surface area contributed by atoms with Gasteiger partial charge in [-0.15, -0.1) is 0 Å². The third kappa shape index (κ3) is 2.95. The zero-order valence-electron chi connectivity index (χ0n) is 15.0. The molecule has 0 aliphatic carbocycles. The Bertz CT molecular complexity index is 985. The molecule has 0 atom stereocenters. The minimum absolute atomic E-state index is 0.500. The first kappa shape index (κ1) is 17.0. The van der Waals surface area contributed by atoms with E-state index in [1.165, 1.54) is 10.6 Å². The van der Waals surface area contributed by atoms with E-state index in [1.54, 1.807) is 11.3 Å². The summed E-state index contributed by atoms with van der Waals surface area (Å²) in [6.07, 6.45) is 1.86. The molecule has 1 aliphatic rings. The molecule has 0 fully saturated rings. The second kappa shape index (κ2) is 6.70. The monoisotopic (exact) mass is 367 g/mol. The second-order valence-electron chi connectivity index (χ2n) is 6.81. The number of benzene rings is 1. The van der Waals surface area contributed by atoms with Gasteiger partial charge >= 0.3 is 0 Å². The molecule has 0 unspecified atom stereocenters. The van der Waals surface area contributed by atoms with Crippen LogP contribution < -0.4 is 4.74 Å². The summed E-state index contributed by atoms with van der Waals surface area (Å²) < 4.78 is 7.69. The van der Waals surface area contributed by atoms with E-state index in [0.717, 1.165) is 53.3 Å². The Kier molecular flexibility index (Phi) is 4.38. The highest BCUT2D eigenvalue weighted by Gasteiger charge is 2.24. The number of carbonyl (C=O) groups excluding carboxylic acids is 1. The Morgan fingerprint density at radius 1 is 1.38 bits per heavy atom. The lowest BCUT2D eigenvalue weighted by Crippen LogP contribution is -2.26. The van der Waals surface area contributed by atoms with Gasteiger partial charge in [-0.1, -0.05) is 17.9 Å². The van der Waals surface area contributed by atoms with Crippen molar-refractivity contribution in [1.29, 1.82) is 0 Å². The summed E-state index contributed by atoms with van der Waals surface area (Å²) in [6, 6.07) is 7.72. The summed E-state index contributed by atoms with van der Waals surface area (Å²) in [6.45, 7) is 8.19. The lowest BCUT2D eigenvalue weighted by molar-refractivity contribution is 0.111. The first-order chi connectivity index (χ1) is 12.6. The maximum absolute atomic E-state index is 11.9. The van der Waals surface area contributed by atoms with Gasteiger partial charge < -0.3 is 9.64 Å². The Hall–Kier alpha value is -2.44. The van der Waals surface area contributed by atoms with E-state index in [9.17, 15) is 4.79 Å². The highest BCUT2D eigenvalue weighted by Crippen LogP contribution is 2.33. The number of hydrogen-bond donors (Lipinski definition) is 0. The molecule has 0 amide bonds. The van der Waals surface area contributed by atoms with Gasteiger partial charge in [0.1, 0.15) is 23.7 Å². The molecule has 3 aromatic rings. The number of fused-ring (bicyclic) bond motifs is 3. The van der Waals surface area contributed by atoms with Gasteiger partial charge in [0, 0.05) is 35.6 Å². The van der Waals surface area contributed by atoms with Crippen molar-refractivity contribution in [3.8, 4) is 17.0 Å². The van der Waals surface area contributed by atoms with Crippen molar-refractivity contribution in [2.45, 2.75) is 19.9 Å². The van der Waals surface area contributed by atoms with E-state index in [-0.39, 0.29) is 0 Å². The average Bonchev–Trinajstić information content (AvgIpc) is 3.15. The van der Waals surface area contributed by atoms with E-state index in [2.05, 4.69) is 18.5 Å². The summed E-state index contributed by atoms with van der Waals surface area (Å²) in [5, 5.41) is 0. The van der Waals surface area contributed by atoms with E-state index < -0.39 is 0 Å². The molecule has 6 heteroatoms. The normalized spacial score (nSPS) is 14.4. The summed E-state index contributed by atoms with van der Waals surface area (Å²) in [4.78, 5) is 21.1. The molecule has 0 spiro atoms. The lowest BCUT2D eigenvalue weighted by Gasteiger charge is -2.21. The van der Waals surface area contributed by atoms with Gasteiger partial charge in [-0.25, -0.2) is 4.98 Å². The molecule has 2 aromatic heterocycles. The summed E-state index contributed by atoms with van der Waals surface area (Å²) in [5.74, 6) is 0.783. The number of likely N-dealkylation sites (N-methyl/N-ethyl adjacent to an activating group) is 1. The van der Waals surface area contributed by atoms with Crippen LogP contribution in [-0.4, -0.2) is 40.8 Å². The van der Waals surface area contributed by atoms with Crippen LogP contribution in [0.3, 0.4) is 0 Å². The largest absolute Gasteiger partial charge is 0.489 e. The number of hydrogen-bond acceptors (Lipinski definition) is 5. The molecule has 134 valence electrons. The van der Waals surface area contributed by atoms with Crippen molar-refractivity contribution < 1.29 is 9.53 Å². The fourth-order valence-electron chi connectivity index (χ4n) is 3.27. The van der Waals surface area contributed by atoms with Gasteiger partial charge in [-0.05, 0) is 43.8 Å². The SMILES string of the molecule is C=C(C)COc1ccc(-c2nc3sc4c(n3c2C=O)CCN(C)C4)cc1. The zero-order valence-corrected chi connectivity index (χ0v) is 15.8. The number of rotatable bonds is 5. The number of aldehydes is 1. The lowest BCUT2D eigenvalue weighted by atomic mass is 10.1. The number of carbonyl (C=O) groups is 1. The van der Waals surface area contributed by atoms with Crippen LogP contribution in [0.1, 0.15) is 28.0 Å². The van der Waals surface area contributed by atoms with Crippen molar-refractivity contribution in [3.05, 3.63) is 52.7 Å². The molecule has 4 rings (SSSR count). The molecular formula is C20H21N3O2S. The predicted octanol–water partition coefficient (Wildman–Crippen LogP) is 3.82. The molecular weight excluding hydrogens is 346 g/mol. The highest BCUT2D eigenvalue weighted by molar-refractivity contribution is 7.17. The molecule has 1 aromatic carbocycles. The molecule has 1 aliphatic heterocycles. The first-order valence-corrected chi connectivity index (χ1v) is 9.43. The number of ether oxygens (including phenoxy) is 1. The van der Waals surface area contributed by atoms with Crippen molar-refractivity contribution in [1.82, 2.24) is 14.3 Å². The predicted molar refractivity (Wildman–Crippen MR) is 104 cm³/mol. The van der Waals surface area contributed by atoms with Gasteiger partial charge in [-0.2, -0.15) is 0 Å². The Balaban J connectivity index is 1.72. The quantitative estimate of drug-likeness (QED) is 0.508. The standard InChI is InChI=1S/C20H21N3O2S/c1-13(2)12-25-15-6-4-14(5-7-15)19-17(11-24)23-16-8-9-22(3)10-18(16)26-20(23)21-19/h4-7,11H,1,8-10,12H2,2-3H3. The van der Waals surface area contributed by atoms with Gasteiger partial charge in [0.15, 0.2) is 11.2 Å². The fourth-order valence-corrected chi connectivity index (χ4v) is 4.52. The van der Waals surface area contributed by atoms with Crippen LogP contribution in [0.15, 0.2) is 36.4 Å². The molecule has 0 N–H and O–H groups in total. The first-order valence-electron chi connectivity index (χ1n) is 8.61. The fraction of sp³-hybridized carbons (Fsp3) is 0.300. The van der Waals surface area contributed by atoms with E-state index >= 15 is 0 Å². The molecule has 26 heavy (non-hydrogen) atoms. The maximum Gasteiger partial charge on any atom is 0.195 e. The van der Waals surface area contributed by atoms with Crippen molar-refractivity contribution in [2.24, 2.45) is 0 Å². The van der Waals surface area contributed by atoms with Crippen LogP contribution in [0.5, 0.6) is 5.75 Å². The number of aromatic nitrogens is 2. The zero-order chi connectivity index (χ0) is 18.3. The number of imidazole rings is 1. The van der Waals surface area contributed by atoms with E-state index in [0.29, 0.717) is 12.3 Å². The van der Waals surface area contributed by atoms with Crippen molar-refractivity contribution in [2.75, 3.05) is 20.2 Å². The smallest absolute Gasteiger partial charge is 0.195 e. The van der Waals surface area contributed by atoms with Crippen LogP contribution in [0.2, 0.25) is 0 Å². The van der Waals surface area contributed by atoms with Crippen molar-refractivity contribution in [3.63, 3.8) is 0 Å². The van der Waals surface area contributed by atoms with Gasteiger partial charge in [0.2, 0.25) is 0 Å². The molecule has 0 bridgehead atoms. The Morgan fingerprint density at radius 2 is 2.15 bits per heavy atom. The number of nitrogens with zero attached hydrogens (tertiary/aromatic N) is 3. The molecule has 5 nitrogen and oxygen atoms in total. The minimum Gasteiger partial charge on any atom is -0.489 e. The van der Waals surface area contributed by atoms with Crippen LogP contribution in [0.25, 0.3) is 16.2 Å². The Labute approximate surface area is 156 Å². The third-order valence-electron chi connectivity index (χ3n) is 4.56. The van der Waals surface area contributed by atoms with Crippen LogP contribution in [-0.2, 0) is 13.0 Å². The van der Waals surface area contributed by atoms with E-state index in [4.69, 9.17) is 9.72 Å².